The van der Waals surface area contributed by atoms with Crippen molar-refractivity contribution in [3.05, 3.63) is 36.3 Å². The van der Waals surface area contributed by atoms with Gasteiger partial charge in [0.15, 0.2) is 0 Å². The van der Waals surface area contributed by atoms with E-state index >= 15 is 0 Å². The number of aromatic nitrogens is 4. The van der Waals surface area contributed by atoms with E-state index in [1.807, 2.05) is 35.4 Å². The fraction of sp³-hybridized carbons (Fsp3) is 0.522. The first kappa shape index (κ1) is 20.8. The second kappa shape index (κ2) is 7.63. The maximum absolute atomic E-state index is 6.23. The van der Waals surface area contributed by atoms with Crippen molar-refractivity contribution in [2.45, 2.75) is 58.8 Å². The number of morpholine rings is 1. The molecule has 4 heterocycles. The first-order valence-corrected chi connectivity index (χ1v) is 10.5. The van der Waals surface area contributed by atoms with Gasteiger partial charge in [-0.25, -0.2) is 4.98 Å². The van der Waals surface area contributed by atoms with Crippen LogP contribution in [-0.4, -0.2) is 51.1 Å². The molecule has 0 aromatic carbocycles. The average molecular weight is 410 g/mol. The lowest BCUT2D eigenvalue weighted by Gasteiger charge is -2.36. The third-order valence-electron chi connectivity index (χ3n) is 5.28. The first-order chi connectivity index (χ1) is 14.1. The van der Waals surface area contributed by atoms with E-state index in [9.17, 15) is 0 Å². The predicted octanol–water partition coefficient (Wildman–Crippen LogP) is 3.70. The monoisotopic (exact) mass is 409 g/mol. The van der Waals surface area contributed by atoms with Gasteiger partial charge in [-0.15, -0.1) is 0 Å². The Morgan fingerprint density at radius 1 is 1.33 bits per heavy atom. The minimum atomic E-state index is -0.206. The molecule has 1 unspecified atom stereocenters. The van der Waals surface area contributed by atoms with E-state index < -0.39 is 0 Å². The van der Waals surface area contributed by atoms with Gasteiger partial charge in [0, 0.05) is 31.0 Å². The standard InChI is InChI=1S/C23H31N5O2/c1-15-7-8-25-19-9-18(16-10-26-28(12-16)22(2,3)4)27-21(20(15)19)29-13-17-11-24-14-23(5,6)30-17/h7-10,12,17,24H,11,13-14H2,1-6H3. The molecule has 0 saturated carbocycles. The van der Waals surface area contributed by atoms with Crippen LogP contribution in [0, 0.1) is 6.92 Å². The molecule has 0 amide bonds. The van der Waals surface area contributed by atoms with Crippen molar-refractivity contribution >= 4 is 10.9 Å². The van der Waals surface area contributed by atoms with Crippen LogP contribution < -0.4 is 10.1 Å². The van der Waals surface area contributed by atoms with Gasteiger partial charge >= 0.3 is 0 Å². The highest BCUT2D eigenvalue weighted by molar-refractivity contribution is 5.89. The molecule has 3 aromatic rings. The summed E-state index contributed by atoms with van der Waals surface area (Å²) >= 11 is 0. The Morgan fingerprint density at radius 2 is 2.13 bits per heavy atom. The molecule has 3 aromatic heterocycles. The van der Waals surface area contributed by atoms with Crippen LogP contribution in [0.15, 0.2) is 30.7 Å². The van der Waals surface area contributed by atoms with Crippen molar-refractivity contribution in [2.75, 3.05) is 19.7 Å². The van der Waals surface area contributed by atoms with Crippen molar-refractivity contribution in [1.29, 1.82) is 0 Å². The van der Waals surface area contributed by atoms with Gasteiger partial charge < -0.3 is 14.8 Å². The summed E-state index contributed by atoms with van der Waals surface area (Å²) in [6, 6.07) is 3.98. The van der Waals surface area contributed by atoms with Crippen LogP contribution in [0.4, 0.5) is 0 Å². The molecule has 1 aliphatic heterocycles. The molecule has 30 heavy (non-hydrogen) atoms. The summed E-state index contributed by atoms with van der Waals surface area (Å²) in [5.74, 6) is 0.587. The van der Waals surface area contributed by atoms with Crippen LogP contribution in [0.25, 0.3) is 22.2 Å². The second-order valence-electron chi connectivity index (χ2n) is 9.62. The molecule has 1 atom stereocenters. The summed E-state index contributed by atoms with van der Waals surface area (Å²) in [5, 5.41) is 8.87. The Hall–Kier alpha value is -2.51. The van der Waals surface area contributed by atoms with Gasteiger partial charge in [0.25, 0.3) is 0 Å². The number of rotatable bonds is 4. The van der Waals surface area contributed by atoms with Gasteiger partial charge in [-0.2, -0.15) is 5.10 Å². The van der Waals surface area contributed by atoms with Crippen molar-refractivity contribution in [2.24, 2.45) is 0 Å². The van der Waals surface area contributed by atoms with Crippen LogP contribution in [0.2, 0.25) is 0 Å². The molecule has 160 valence electrons. The minimum absolute atomic E-state index is 0.0325. The molecule has 4 rings (SSSR count). The van der Waals surface area contributed by atoms with Crippen LogP contribution in [-0.2, 0) is 10.3 Å². The third-order valence-corrected chi connectivity index (χ3v) is 5.28. The van der Waals surface area contributed by atoms with E-state index in [-0.39, 0.29) is 17.2 Å². The number of fused-ring (bicyclic) bond motifs is 1. The number of nitrogens with one attached hydrogen (secondary N) is 1. The Balaban J connectivity index is 1.68. The fourth-order valence-corrected chi connectivity index (χ4v) is 3.70. The second-order valence-corrected chi connectivity index (χ2v) is 9.62. The summed E-state index contributed by atoms with van der Waals surface area (Å²) < 4.78 is 14.3. The Labute approximate surface area is 177 Å². The molecule has 7 nitrogen and oxygen atoms in total. The van der Waals surface area contributed by atoms with Gasteiger partial charge in [-0.3, -0.25) is 9.67 Å². The summed E-state index contributed by atoms with van der Waals surface area (Å²) in [6.07, 6.45) is 5.65. The Kier molecular flexibility index (Phi) is 5.28. The number of nitrogens with zero attached hydrogens (tertiary/aromatic N) is 4. The molecule has 0 aliphatic carbocycles. The zero-order chi connectivity index (χ0) is 21.5. The minimum Gasteiger partial charge on any atom is -0.474 e. The molecule has 1 N–H and O–H groups in total. The lowest BCUT2D eigenvalue weighted by molar-refractivity contribution is -0.107. The lowest BCUT2D eigenvalue weighted by Crippen LogP contribution is -2.52. The van der Waals surface area contributed by atoms with Crippen molar-refractivity contribution in [3.8, 4) is 17.1 Å². The van der Waals surface area contributed by atoms with Gasteiger partial charge in [-0.05, 0) is 59.2 Å². The summed E-state index contributed by atoms with van der Waals surface area (Å²) in [7, 11) is 0. The van der Waals surface area contributed by atoms with E-state index in [4.69, 9.17) is 14.5 Å². The van der Waals surface area contributed by atoms with Crippen molar-refractivity contribution < 1.29 is 9.47 Å². The van der Waals surface area contributed by atoms with E-state index in [1.54, 1.807) is 0 Å². The maximum atomic E-state index is 6.23. The summed E-state index contributed by atoms with van der Waals surface area (Å²) in [6.45, 7) is 14.6. The van der Waals surface area contributed by atoms with Crippen LogP contribution >= 0.6 is 0 Å². The number of hydrogen-bond acceptors (Lipinski definition) is 6. The normalized spacial score (nSPS) is 19.2. The number of ether oxygens (including phenoxy) is 2. The molecule has 1 saturated heterocycles. The molecule has 0 radical (unpaired) electrons. The molecule has 0 bridgehead atoms. The smallest absolute Gasteiger partial charge is 0.223 e. The number of aryl methyl sites for hydroxylation is 1. The highest BCUT2D eigenvalue weighted by Crippen LogP contribution is 2.31. The maximum Gasteiger partial charge on any atom is 0.223 e. The first-order valence-electron chi connectivity index (χ1n) is 10.5. The van der Waals surface area contributed by atoms with Gasteiger partial charge in [-0.1, -0.05) is 0 Å². The lowest BCUT2D eigenvalue weighted by atomic mass is 10.1. The van der Waals surface area contributed by atoms with E-state index in [1.165, 1.54) is 0 Å². The van der Waals surface area contributed by atoms with Gasteiger partial charge in [0.05, 0.1) is 33.9 Å². The van der Waals surface area contributed by atoms with Crippen LogP contribution in [0.5, 0.6) is 5.88 Å². The van der Waals surface area contributed by atoms with E-state index in [2.05, 4.69) is 56.9 Å². The Morgan fingerprint density at radius 3 is 2.83 bits per heavy atom. The van der Waals surface area contributed by atoms with Crippen LogP contribution in [0.1, 0.15) is 40.2 Å². The molecule has 1 aliphatic rings. The zero-order valence-corrected chi connectivity index (χ0v) is 18.7. The van der Waals surface area contributed by atoms with E-state index in [0.717, 1.165) is 40.8 Å². The SMILES string of the molecule is Cc1ccnc2cc(-c3cnn(C(C)(C)C)c3)nc(OCC3CNCC(C)(C)O3)c12. The average Bonchev–Trinajstić information content (AvgIpc) is 3.16. The Bertz CT molecular complexity index is 1050. The number of pyridine rings is 2. The zero-order valence-electron chi connectivity index (χ0n) is 18.7. The fourth-order valence-electron chi connectivity index (χ4n) is 3.70. The topological polar surface area (TPSA) is 74.1 Å². The quantitative estimate of drug-likeness (QED) is 0.708. The highest BCUT2D eigenvalue weighted by Gasteiger charge is 2.29. The molecule has 0 spiro atoms. The predicted molar refractivity (Wildman–Crippen MR) is 118 cm³/mol. The van der Waals surface area contributed by atoms with E-state index in [0.29, 0.717) is 12.5 Å². The molecular weight excluding hydrogens is 378 g/mol. The number of hydrogen-bond donors (Lipinski definition) is 1. The van der Waals surface area contributed by atoms with Crippen LogP contribution in [0.3, 0.4) is 0 Å². The molecule has 7 heteroatoms. The van der Waals surface area contributed by atoms with Crippen molar-refractivity contribution in [1.82, 2.24) is 25.1 Å². The van der Waals surface area contributed by atoms with Crippen molar-refractivity contribution in [3.63, 3.8) is 0 Å². The third kappa shape index (κ3) is 4.32. The highest BCUT2D eigenvalue weighted by atomic mass is 16.6. The summed E-state index contributed by atoms with van der Waals surface area (Å²) in [4.78, 5) is 9.43. The van der Waals surface area contributed by atoms with Gasteiger partial charge in [0.2, 0.25) is 5.88 Å². The molecular formula is C23H31N5O2. The molecule has 1 fully saturated rings. The largest absolute Gasteiger partial charge is 0.474 e. The summed E-state index contributed by atoms with van der Waals surface area (Å²) in [5.41, 5.74) is 3.39. The van der Waals surface area contributed by atoms with Gasteiger partial charge in [0.1, 0.15) is 12.7 Å².